The lowest BCUT2D eigenvalue weighted by molar-refractivity contribution is 0.219. The summed E-state index contributed by atoms with van der Waals surface area (Å²) < 4.78 is 5.62. The molecule has 0 aliphatic rings. The number of benzene rings is 2. The Hall–Kier alpha value is -1.80. The lowest BCUT2D eigenvalue weighted by Gasteiger charge is -2.15. The highest BCUT2D eigenvalue weighted by Gasteiger charge is 2.11. The minimum Gasteiger partial charge on any atom is -0.491 e. The van der Waals surface area contributed by atoms with Crippen molar-refractivity contribution in [2.24, 2.45) is 0 Å². The van der Waals surface area contributed by atoms with Gasteiger partial charge in [-0.15, -0.1) is 0 Å². The van der Waals surface area contributed by atoms with Crippen molar-refractivity contribution in [3.63, 3.8) is 0 Å². The van der Waals surface area contributed by atoms with Crippen LogP contribution in [0.5, 0.6) is 5.75 Å². The third-order valence-electron chi connectivity index (χ3n) is 3.49. The molecular weight excluding hydrogens is 260 g/mol. The molecule has 2 rings (SSSR count). The fraction of sp³-hybridized carbons (Fsp3) is 0.368. The van der Waals surface area contributed by atoms with Crippen molar-refractivity contribution in [3.05, 3.63) is 65.2 Å². The van der Waals surface area contributed by atoms with Crippen LogP contribution >= 0.6 is 0 Å². The molecule has 0 aliphatic carbocycles. The van der Waals surface area contributed by atoms with Crippen molar-refractivity contribution in [3.8, 4) is 5.75 Å². The largest absolute Gasteiger partial charge is 0.491 e. The standard InChI is InChI=1S/C19H24O2/c1-13(2)15-5-7-16(8-6-15)19(20)17-9-11-18(12-10-17)21-14(3)4/h5-14,19-20H,1-4H3. The van der Waals surface area contributed by atoms with Gasteiger partial charge in [0.25, 0.3) is 0 Å². The van der Waals surface area contributed by atoms with Crippen molar-refractivity contribution in [2.75, 3.05) is 0 Å². The van der Waals surface area contributed by atoms with Gasteiger partial charge in [-0.05, 0) is 48.6 Å². The summed E-state index contributed by atoms with van der Waals surface area (Å²) in [5.41, 5.74) is 3.08. The van der Waals surface area contributed by atoms with Crippen LogP contribution in [-0.4, -0.2) is 11.2 Å². The first-order valence-corrected chi connectivity index (χ1v) is 7.52. The van der Waals surface area contributed by atoms with Gasteiger partial charge in [0.2, 0.25) is 0 Å². The van der Waals surface area contributed by atoms with Crippen LogP contribution in [0.2, 0.25) is 0 Å². The summed E-state index contributed by atoms with van der Waals surface area (Å²) in [6.45, 7) is 8.33. The van der Waals surface area contributed by atoms with Crippen molar-refractivity contribution >= 4 is 0 Å². The number of hydrogen-bond donors (Lipinski definition) is 1. The second-order valence-electron chi connectivity index (χ2n) is 5.96. The molecule has 2 aromatic carbocycles. The Bertz CT molecular complexity index is 553. The van der Waals surface area contributed by atoms with Crippen LogP contribution in [0, 0.1) is 0 Å². The predicted molar refractivity (Wildman–Crippen MR) is 86.8 cm³/mol. The first-order chi connectivity index (χ1) is 9.97. The highest BCUT2D eigenvalue weighted by Crippen LogP contribution is 2.25. The molecule has 1 unspecified atom stereocenters. The molecule has 0 heterocycles. The van der Waals surface area contributed by atoms with E-state index in [0.717, 1.165) is 16.9 Å². The summed E-state index contributed by atoms with van der Waals surface area (Å²) in [7, 11) is 0. The Labute approximate surface area is 127 Å². The summed E-state index contributed by atoms with van der Waals surface area (Å²) in [5.74, 6) is 1.33. The van der Waals surface area contributed by atoms with E-state index in [2.05, 4.69) is 26.0 Å². The number of ether oxygens (including phenoxy) is 1. The van der Waals surface area contributed by atoms with Gasteiger partial charge in [0, 0.05) is 0 Å². The molecule has 2 heteroatoms. The highest BCUT2D eigenvalue weighted by atomic mass is 16.5. The van der Waals surface area contributed by atoms with E-state index in [0.29, 0.717) is 5.92 Å². The lowest BCUT2D eigenvalue weighted by atomic mass is 9.97. The van der Waals surface area contributed by atoms with Crippen molar-refractivity contribution in [2.45, 2.75) is 45.8 Å². The van der Waals surface area contributed by atoms with E-state index in [1.165, 1.54) is 5.56 Å². The summed E-state index contributed by atoms with van der Waals surface area (Å²) in [4.78, 5) is 0. The fourth-order valence-electron chi connectivity index (χ4n) is 2.26. The molecule has 21 heavy (non-hydrogen) atoms. The molecule has 0 bridgehead atoms. The van der Waals surface area contributed by atoms with Gasteiger partial charge >= 0.3 is 0 Å². The lowest BCUT2D eigenvalue weighted by Crippen LogP contribution is -2.06. The van der Waals surface area contributed by atoms with Crippen LogP contribution in [0.25, 0.3) is 0 Å². The molecule has 0 aromatic heterocycles. The van der Waals surface area contributed by atoms with Gasteiger partial charge < -0.3 is 9.84 Å². The number of aliphatic hydroxyl groups is 1. The van der Waals surface area contributed by atoms with E-state index in [1.54, 1.807) is 0 Å². The number of aliphatic hydroxyl groups excluding tert-OH is 1. The van der Waals surface area contributed by atoms with Crippen LogP contribution in [0.1, 0.15) is 56.4 Å². The summed E-state index contributed by atoms with van der Waals surface area (Å²) >= 11 is 0. The van der Waals surface area contributed by atoms with Crippen molar-refractivity contribution < 1.29 is 9.84 Å². The Balaban J connectivity index is 2.13. The summed E-state index contributed by atoms with van der Waals surface area (Å²) in [5, 5.41) is 10.5. The molecule has 0 saturated carbocycles. The van der Waals surface area contributed by atoms with Crippen LogP contribution in [0.4, 0.5) is 0 Å². The van der Waals surface area contributed by atoms with Gasteiger partial charge in [-0.25, -0.2) is 0 Å². The molecule has 1 atom stereocenters. The normalized spacial score (nSPS) is 12.7. The van der Waals surface area contributed by atoms with Crippen molar-refractivity contribution in [1.29, 1.82) is 0 Å². The quantitative estimate of drug-likeness (QED) is 0.864. The van der Waals surface area contributed by atoms with Gasteiger partial charge in [-0.2, -0.15) is 0 Å². The Morgan fingerprint density at radius 2 is 1.14 bits per heavy atom. The zero-order valence-electron chi connectivity index (χ0n) is 13.2. The molecule has 0 radical (unpaired) electrons. The molecule has 112 valence electrons. The summed E-state index contributed by atoms with van der Waals surface area (Å²) in [6.07, 6.45) is -0.441. The van der Waals surface area contributed by atoms with Gasteiger partial charge in [-0.3, -0.25) is 0 Å². The third kappa shape index (κ3) is 4.08. The van der Waals surface area contributed by atoms with E-state index in [1.807, 2.05) is 50.2 Å². The van der Waals surface area contributed by atoms with Crippen molar-refractivity contribution in [1.82, 2.24) is 0 Å². The zero-order chi connectivity index (χ0) is 15.4. The van der Waals surface area contributed by atoms with E-state index in [4.69, 9.17) is 4.74 Å². The Kier molecular flexibility index (Phi) is 5.03. The highest BCUT2D eigenvalue weighted by molar-refractivity contribution is 5.35. The Morgan fingerprint density at radius 3 is 1.57 bits per heavy atom. The monoisotopic (exact) mass is 284 g/mol. The van der Waals surface area contributed by atoms with Gasteiger partial charge in [-0.1, -0.05) is 50.2 Å². The maximum Gasteiger partial charge on any atom is 0.119 e. The molecule has 2 aromatic rings. The van der Waals surface area contributed by atoms with Crippen LogP contribution < -0.4 is 4.74 Å². The average Bonchev–Trinajstić information content (AvgIpc) is 2.47. The fourth-order valence-corrected chi connectivity index (χ4v) is 2.26. The van der Waals surface area contributed by atoms with E-state index < -0.39 is 6.10 Å². The molecule has 0 saturated heterocycles. The van der Waals surface area contributed by atoms with E-state index >= 15 is 0 Å². The SMILES string of the molecule is CC(C)Oc1ccc(C(O)c2ccc(C(C)C)cc2)cc1. The molecular formula is C19H24O2. The van der Waals surface area contributed by atoms with Crippen LogP contribution in [0.3, 0.4) is 0 Å². The minimum absolute atomic E-state index is 0.157. The maximum absolute atomic E-state index is 10.5. The zero-order valence-corrected chi connectivity index (χ0v) is 13.2. The van der Waals surface area contributed by atoms with Crippen LogP contribution in [0.15, 0.2) is 48.5 Å². The van der Waals surface area contributed by atoms with E-state index in [-0.39, 0.29) is 6.10 Å². The number of rotatable bonds is 5. The smallest absolute Gasteiger partial charge is 0.119 e. The first kappa shape index (κ1) is 15.6. The summed E-state index contributed by atoms with van der Waals surface area (Å²) in [6, 6.07) is 15.8. The molecule has 0 amide bonds. The first-order valence-electron chi connectivity index (χ1n) is 7.52. The predicted octanol–water partition coefficient (Wildman–Crippen LogP) is 4.68. The van der Waals surface area contributed by atoms with Gasteiger partial charge in [0.15, 0.2) is 0 Å². The average molecular weight is 284 g/mol. The second-order valence-corrected chi connectivity index (χ2v) is 5.96. The third-order valence-corrected chi connectivity index (χ3v) is 3.49. The van der Waals surface area contributed by atoms with Gasteiger partial charge in [0.05, 0.1) is 6.10 Å². The minimum atomic E-state index is -0.598. The molecule has 1 N–H and O–H groups in total. The molecule has 0 spiro atoms. The number of hydrogen-bond acceptors (Lipinski definition) is 2. The maximum atomic E-state index is 10.5. The van der Waals surface area contributed by atoms with E-state index in [9.17, 15) is 5.11 Å². The van der Waals surface area contributed by atoms with Gasteiger partial charge in [0.1, 0.15) is 11.9 Å². The topological polar surface area (TPSA) is 29.5 Å². The Morgan fingerprint density at radius 1 is 0.714 bits per heavy atom. The molecule has 2 nitrogen and oxygen atoms in total. The molecule has 0 fully saturated rings. The van der Waals surface area contributed by atoms with Crippen LogP contribution in [-0.2, 0) is 0 Å². The molecule has 0 aliphatic heterocycles. The second kappa shape index (κ2) is 6.77.